The van der Waals surface area contributed by atoms with Gasteiger partial charge in [-0.15, -0.1) is 11.3 Å². The molecule has 2 nitrogen and oxygen atoms in total. The molecular formula is C15H15Br2NOS. The fraction of sp³-hybridized carbons (Fsp3) is 0.267. The van der Waals surface area contributed by atoms with E-state index in [0.29, 0.717) is 11.5 Å². The number of halogens is 2. The molecule has 0 aliphatic rings. The van der Waals surface area contributed by atoms with Crippen LogP contribution in [0, 0.1) is 5.92 Å². The SMILES string of the molecule is CC(C)C(NC(=O)c1ccc(Br)cc1Br)c1cccs1. The second-order valence-electron chi connectivity index (χ2n) is 4.83. The summed E-state index contributed by atoms with van der Waals surface area (Å²) < 4.78 is 1.73. The summed E-state index contributed by atoms with van der Waals surface area (Å²) in [6, 6.07) is 9.68. The van der Waals surface area contributed by atoms with E-state index in [1.165, 1.54) is 4.88 Å². The number of hydrogen-bond donors (Lipinski definition) is 1. The highest BCUT2D eigenvalue weighted by molar-refractivity contribution is 9.11. The zero-order valence-electron chi connectivity index (χ0n) is 11.2. The molecule has 0 saturated carbocycles. The number of amides is 1. The average Bonchev–Trinajstić information content (AvgIpc) is 2.88. The topological polar surface area (TPSA) is 29.1 Å². The largest absolute Gasteiger partial charge is 0.344 e. The Labute approximate surface area is 139 Å². The molecule has 1 atom stereocenters. The van der Waals surface area contributed by atoms with Gasteiger partial charge in [-0.2, -0.15) is 0 Å². The lowest BCUT2D eigenvalue weighted by Gasteiger charge is -2.21. The fourth-order valence-corrected chi connectivity index (χ4v) is 4.10. The van der Waals surface area contributed by atoms with Crippen LogP contribution in [0.4, 0.5) is 0 Å². The third-order valence-electron chi connectivity index (χ3n) is 2.98. The Hall–Kier alpha value is -0.650. The Kier molecular flexibility index (Phi) is 5.41. The van der Waals surface area contributed by atoms with Crippen LogP contribution in [0.3, 0.4) is 0 Å². The van der Waals surface area contributed by atoms with Gasteiger partial charge >= 0.3 is 0 Å². The molecular weight excluding hydrogens is 402 g/mol. The molecule has 5 heteroatoms. The Balaban J connectivity index is 2.21. The van der Waals surface area contributed by atoms with Crippen LogP contribution in [-0.2, 0) is 0 Å². The Morgan fingerprint density at radius 2 is 2.00 bits per heavy atom. The Morgan fingerprint density at radius 1 is 1.25 bits per heavy atom. The average molecular weight is 417 g/mol. The number of hydrogen-bond acceptors (Lipinski definition) is 2. The maximum Gasteiger partial charge on any atom is 0.252 e. The van der Waals surface area contributed by atoms with Gasteiger partial charge in [0.25, 0.3) is 5.91 Å². The van der Waals surface area contributed by atoms with Crippen molar-refractivity contribution in [2.24, 2.45) is 5.92 Å². The molecule has 0 saturated heterocycles. The van der Waals surface area contributed by atoms with Gasteiger partial charge in [0.15, 0.2) is 0 Å². The summed E-state index contributed by atoms with van der Waals surface area (Å²) in [5.74, 6) is 0.281. The molecule has 1 unspecified atom stereocenters. The van der Waals surface area contributed by atoms with Crippen molar-refractivity contribution in [3.63, 3.8) is 0 Å². The fourth-order valence-electron chi connectivity index (χ4n) is 1.93. The zero-order chi connectivity index (χ0) is 14.7. The summed E-state index contributed by atoms with van der Waals surface area (Å²) in [5.41, 5.74) is 0.649. The van der Waals surface area contributed by atoms with Gasteiger partial charge in [0.1, 0.15) is 0 Å². The summed E-state index contributed by atoms with van der Waals surface area (Å²) in [6.07, 6.45) is 0. The van der Waals surface area contributed by atoms with Gasteiger partial charge in [0.05, 0.1) is 11.6 Å². The van der Waals surface area contributed by atoms with Crippen LogP contribution in [0.2, 0.25) is 0 Å². The second-order valence-corrected chi connectivity index (χ2v) is 7.58. The quantitative estimate of drug-likeness (QED) is 0.710. The van der Waals surface area contributed by atoms with Crippen LogP contribution < -0.4 is 5.32 Å². The van der Waals surface area contributed by atoms with Crippen LogP contribution in [-0.4, -0.2) is 5.91 Å². The van der Waals surface area contributed by atoms with Crippen LogP contribution in [0.15, 0.2) is 44.7 Å². The van der Waals surface area contributed by atoms with Gasteiger partial charge in [-0.25, -0.2) is 0 Å². The molecule has 0 bridgehead atoms. The maximum absolute atomic E-state index is 12.4. The van der Waals surface area contributed by atoms with Gasteiger partial charge < -0.3 is 5.32 Å². The maximum atomic E-state index is 12.4. The molecule has 2 aromatic rings. The lowest BCUT2D eigenvalue weighted by Crippen LogP contribution is -2.31. The third-order valence-corrected chi connectivity index (χ3v) is 5.08. The number of nitrogens with one attached hydrogen (secondary N) is 1. The monoisotopic (exact) mass is 415 g/mol. The summed E-state index contributed by atoms with van der Waals surface area (Å²) in [7, 11) is 0. The Morgan fingerprint density at radius 3 is 2.55 bits per heavy atom. The summed E-state index contributed by atoms with van der Waals surface area (Å²) in [4.78, 5) is 13.6. The molecule has 2 rings (SSSR count). The summed E-state index contributed by atoms with van der Waals surface area (Å²) in [5, 5.41) is 5.16. The van der Waals surface area contributed by atoms with Crippen molar-refractivity contribution >= 4 is 49.1 Å². The van der Waals surface area contributed by atoms with E-state index in [0.717, 1.165) is 8.95 Å². The summed E-state index contributed by atoms with van der Waals surface area (Å²) >= 11 is 8.50. The van der Waals surface area contributed by atoms with Crippen molar-refractivity contribution in [2.45, 2.75) is 19.9 Å². The van der Waals surface area contributed by atoms with E-state index in [-0.39, 0.29) is 11.9 Å². The molecule has 1 N–H and O–H groups in total. The highest BCUT2D eigenvalue weighted by Gasteiger charge is 2.21. The van der Waals surface area contributed by atoms with Crippen molar-refractivity contribution < 1.29 is 4.79 Å². The molecule has 1 heterocycles. The first-order valence-electron chi connectivity index (χ1n) is 6.28. The van der Waals surface area contributed by atoms with Crippen molar-refractivity contribution in [2.75, 3.05) is 0 Å². The molecule has 0 radical (unpaired) electrons. The van der Waals surface area contributed by atoms with E-state index in [9.17, 15) is 4.79 Å². The molecule has 106 valence electrons. The van der Waals surface area contributed by atoms with Crippen LogP contribution in [0.25, 0.3) is 0 Å². The van der Waals surface area contributed by atoms with Crippen molar-refractivity contribution in [1.29, 1.82) is 0 Å². The van der Waals surface area contributed by atoms with Crippen LogP contribution in [0.1, 0.15) is 35.1 Å². The van der Waals surface area contributed by atoms with Crippen molar-refractivity contribution in [3.8, 4) is 0 Å². The molecule has 1 aromatic heterocycles. The number of carbonyl (C=O) groups is 1. The zero-order valence-corrected chi connectivity index (χ0v) is 15.2. The van der Waals surface area contributed by atoms with Crippen molar-refractivity contribution in [3.05, 3.63) is 55.1 Å². The minimum absolute atomic E-state index is 0.0399. The first-order valence-corrected chi connectivity index (χ1v) is 8.75. The van der Waals surface area contributed by atoms with Crippen molar-refractivity contribution in [1.82, 2.24) is 5.32 Å². The Bertz CT molecular complexity index is 596. The van der Waals surface area contributed by atoms with Gasteiger partial charge in [0, 0.05) is 13.8 Å². The molecule has 0 fully saturated rings. The van der Waals surface area contributed by atoms with E-state index in [1.54, 1.807) is 11.3 Å². The van der Waals surface area contributed by atoms with E-state index in [4.69, 9.17) is 0 Å². The van der Waals surface area contributed by atoms with Crippen LogP contribution >= 0.6 is 43.2 Å². The predicted molar refractivity (Wildman–Crippen MR) is 91.2 cm³/mol. The highest BCUT2D eigenvalue weighted by atomic mass is 79.9. The molecule has 20 heavy (non-hydrogen) atoms. The van der Waals surface area contributed by atoms with E-state index in [2.05, 4.69) is 57.1 Å². The molecule has 0 aliphatic carbocycles. The van der Waals surface area contributed by atoms with E-state index >= 15 is 0 Å². The lowest BCUT2D eigenvalue weighted by molar-refractivity contribution is 0.0926. The van der Waals surface area contributed by atoms with Gasteiger partial charge in [-0.3, -0.25) is 4.79 Å². The first-order chi connectivity index (χ1) is 9.49. The van der Waals surface area contributed by atoms with Gasteiger partial charge in [-0.05, 0) is 51.5 Å². The van der Waals surface area contributed by atoms with Crippen LogP contribution in [0.5, 0.6) is 0 Å². The smallest absolute Gasteiger partial charge is 0.252 e. The van der Waals surface area contributed by atoms with Gasteiger partial charge in [0.2, 0.25) is 0 Å². The summed E-state index contributed by atoms with van der Waals surface area (Å²) in [6.45, 7) is 4.22. The number of rotatable bonds is 4. The minimum atomic E-state index is -0.0588. The molecule has 0 spiro atoms. The highest BCUT2D eigenvalue weighted by Crippen LogP contribution is 2.27. The second kappa shape index (κ2) is 6.87. The third kappa shape index (κ3) is 3.71. The molecule has 1 aromatic carbocycles. The van der Waals surface area contributed by atoms with E-state index in [1.807, 2.05) is 29.6 Å². The standard InChI is InChI=1S/C15H15Br2NOS/c1-9(2)14(13-4-3-7-20-13)18-15(19)11-6-5-10(16)8-12(11)17/h3-9,14H,1-2H3,(H,18,19). The number of benzene rings is 1. The number of thiophene rings is 1. The lowest BCUT2D eigenvalue weighted by atomic mass is 10.0. The normalized spacial score (nSPS) is 12.4. The predicted octanol–water partition coefficient (Wildman–Crippen LogP) is 5.40. The van der Waals surface area contributed by atoms with Gasteiger partial charge in [-0.1, -0.05) is 35.8 Å². The van der Waals surface area contributed by atoms with E-state index < -0.39 is 0 Å². The number of carbonyl (C=O) groups excluding carboxylic acids is 1. The minimum Gasteiger partial charge on any atom is -0.344 e. The first kappa shape index (κ1) is 15.7. The molecule has 1 amide bonds. The molecule has 0 aliphatic heterocycles.